The number of halogens is 1. The highest BCUT2D eigenvalue weighted by Gasteiger charge is 2.21. The molecule has 26 heavy (non-hydrogen) atoms. The molecule has 1 N–H and O–H groups in total. The summed E-state index contributed by atoms with van der Waals surface area (Å²) in [6.45, 7) is 5.10. The van der Waals surface area contributed by atoms with E-state index >= 15 is 0 Å². The summed E-state index contributed by atoms with van der Waals surface area (Å²) in [5, 5.41) is 7.42. The van der Waals surface area contributed by atoms with Crippen LogP contribution in [0, 0.1) is 0 Å². The van der Waals surface area contributed by atoms with E-state index in [9.17, 15) is 4.79 Å². The third-order valence-electron chi connectivity index (χ3n) is 4.29. The van der Waals surface area contributed by atoms with Gasteiger partial charge in [0.1, 0.15) is 5.69 Å². The minimum absolute atomic E-state index is 0. The molecule has 2 heterocycles. The summed E-state index contributed by atoms with van der Waals surface area (Å²) >= 11 is 0. The van der Waals surface area contributed by atoms with E-state index in [4.69, 9.17) is 4.52 Å². The van der Waals surface area contributed by atoms with E-state index < -0.39 is 0 Å². The molecule has 0 aliphatic carbocycles. The van der Waals surface area contributed by atoms with Gasteiger partial charge in [0, 0.05) is 51.8 Å². The Kier molecular flexibility index (Phi) is 7.43. The van der Waals surface area contributed by atoms with E-state index in [2.05, 4.69) is 20.4 Å². The molecule has 2 aromatic rings. The van der Waals surface area contributed by atoms with Crippen molar-refractivity contribution in [2.24, 2.45) is 4.99 Å². The zero-order valence-electron chi connectivity index (χ0n) is 15.0. The molecule has 3 rings (SSSR count). The maximum Gasteiger partial charge on any atom is 0.219 e. The van der Waals surface area contributed by atoms with E-state index in [1.54, 1.807) is 14.0 Å². The molecule has 0 radical (unpaired) electrons. The molecule has 0 spiro atoms. The van der Waals surface area contributed by atoms with Crippen molar-refractivity contribution in [3.8, 4) is 11.3 Å². The summed E-state index contributed by atoms with van der Waals surface area (Å²) in [5.74, 6) is 1.68. The summed E-state index contributed by atoms with van der Waals surface area (Å²) in [4.78, 5) is 19.7. The van der Waals surface area contributed by atoms with Gasteiger partial charge in [-0.25, -0.2) is 0 Å². The average molecular weight is 469 g/mol. The van der Waals surface area contributed by atoms with E-state index in [0.717, 1.165) is 49.2 Å². The van der Waals surface area contributed by atoms with Crippen molar-refractivity contribution in [2.75, 3.05) is 33.2 Å². The number of piperazine rings is 1. The van der Waals surface area contributed by atoms with Crippen molar-refractivity contribution in [2.45, 2.75) is 13.5 Å². The van der Waals surface area contributed by atoms with Crippen molar-refractivity contribution in [3.05, 3.63) is 42.2 Å². The van der Waals surface area contributed by atoms with Gasteiger partial charge in [0.15, 0.2) is 11.7 Å². The van der Waals surface area contributed by atoms with Gasteiger partial charge >= 0.3 is 0 Å². The second-order valence-corrected chi connectivity index (χ2v) is 5.94. The maximum atomic E-state index is 11.4. The van der Waals surface area contributed by atoms with Crippen molar-refractivity contribution in [3.63, 3.8) is 0 Å². The molecule has 1 aromatic carbocycles. The molecular formula is C18H24IN5O2. The summed E-state index contributed by atoms with van der Waals surface area (Å²) in [7, 11) is 1.76. The van der Waals surface area contributed by atoms with Crippen molar-refractivity contribution >= 4 is 35.8 Å². The molecule has 1 saturated heterocycles. The van der Waals surface area contributed by atoms with Gasteiger partial charge in [-0.1, -0.05) is 35.5 Å². The van der Waals surface area contributed by atoms with Gasteiger partial charge < -0.3 is 19.6 Å². The molecule has 1 amide bonds. The second kappa shape index (κ2) is 9.56. The number of nitrogens with one attached hydrogen (secondary N) is 1. The number of hydrogen-bond donors (Lipinski definition) is 1. The molecule has 0 bridgehead atoms. The standard InChI is InChI=1S/C18H23N5O2.HI/c1-14(24)22-8-10-23(11-9-22)18(19-2)20-13-16-12-17(21-25-16)15-6-4-3-5-7-15;/h3-7,12H,8-11,13H2,1-2H3,(H,19,20);1H. The average Bonchev–Trinajstić information content (AvgIpc) is 3.12. The first kappa shape index (κ1) is 20.2. The van der Waals surface area contributed by atoms with E-state index in [1.807, 2.05) is 41.3 Å². The molecule has 1 fully saturated rings. The van der Waals surface area contributed by atoms with Crippen LogP contribution >= 0.6 is 24.0 Å². The third kappa shape index (κ3) is 4.96. The number of benzene rings is 1. The number of aromatic nitrogens is 1. The Morgan fingerprint density at radius 3 is 2.46 bits per heavy atom. The quantitative estimate of drug-likeness (QED) is 0.424. The van der Waals surface area contributed by atoms with Crippen molar-refractivity contribution in [1.82, 2.24) is 20.3 Å². The van der Waals surface area contributed by atoms with E-state index in [1.165, 1.54) is 0 Å². The SMILES string of the molecule is CN=C(NCc1cc(-c2ccccc2)no1)N1CCN(C(C)=O)CC1.I. The Balaban J connectivity index is 0.00000243. The van der Waals surface area contributed by atoms with Crippen molar-refractivity contribution in [1.29, 1.82) is 0 Å². The van der Waals surface area contributed by atoms with Crippen LogP contribution in [0.25, 0.3) is 11.3 Å². The van der Waals surface area contributed by atoms with Gasteiger partial charge in [0.05, 0.1) is 6.54 Å². The zero-order chi connectivity index (χ0) is 17.6. The lowest BCUT2D eigenvalue weighted by Gasteiger charge is -2.35. The molecule has 0 atom stereocenters. The monoisotopic (exact) mass is 469 g/mol. The first-order valence-electron chi connectivity index (χ1n) is 8.39. The van der Waals surface area contributed by atoms with Gasteiger partial charge in [-0.05, 0) is 0 Å². The molecule has 1 aromatic heterocycles. The van der Waals surface area contributed by atoms with E-state index in [0.29, 0.717) is 6.54 Å². The van der Waals surface area contributed by atoms with Gasteiger partial charge in [-0.3, -0.25) is 9.79 Å². The number of hydrogen-bond acceptors (Lipinski definition) is 4. The predicted molar refractivity (Wildman–Crippen MR) is 111 cm³/mol. The molecule has 0 saturated carbocycles. The van der Waals surface area contributed by atoms with Gasteiger partial charge in [0.2, 0.25) is 5.91 Å². The Hall–Kier alpha value is -2.10. The lowest BCUT2D eigenvalue weighted by atomic mass is 10.1. The number of carbonyl (C=O) groups excluding carboxylic acids is 1. The van der Waals surface area contributed by atoms with E-state index in [-0.39, 0.29) is 29.9 Å². The smallest absolute Gasteiger partial charge is 0.219 e. The summed E-state index contributed by atoms with van der Waals surface area (Å²) in [6, 6.07) is 11.9. The van der Waals surface area contributed by atoms with Gasteiger partial charge in [-0.15, -0.1) is 24.0 Å². The molecular weight excluding hydrogens is 445 g/mol. The fourth-order valence-corrected chi connectivity index (χ4v) is 2.87. The van der Waals surface area contributed by atoms with Crippen molar-refractivity contribution < 1.29 is 9.32 Å². The molecule has 1 aliphatic heterocycles. The zero-order valence-corrected chi connectivity index (χ0v) is 17.3. The maximum absolute atomic E-state index is 11.4. The lowest BCUT2D eigenvalue weighted by molar-refractivity contribution is -0.130. The number of carbonyl (C=O) groups is 1. The second-order valence-electron chi connectivity index (χ2n) is 5.94. The molecule has 1 aliphatic rings. The molecule has 0 unspecified atom stereocenters. The van der Waals surface area contributed by atoms with Crippen LogP contribution in [0.3, 0.4) is 0 Å². The molecule has 7 nitrogen and oxygen atoms in total. The van der Waals surface area contributed by atoms with Gasteiger partial charge in [-0.2, -0.15) is 0 Å². The Labute approximate surface area is 170 Å². The predicted octanol–water partition coefficient (Wildman–Crippen LogP) is 2.20. The topological polar surface area (TPSA) is 74.0 Å². The number of nitrogens with zero attached hydrogens (tertiary/aromatic N) is 4. The fourth-order valence-electron chi connectivity index (χ4n) is 2.87. The Bertz CT molecular complexity index is 739. The number of aliphatic imine (C=N–C) groups is 1. The summed E-state index contributed by atoms with van der Waals surface area (Å²) in [5.41, 5.74) is 1.85. The van der Waals surface area contributed by atoms with Crippen LogP contribution < -0.4 is 5.32 Å². The van der Waals surface area contributed by atoms with Crippen LogP contribution in [0.15, 0.2) is 45.9 Å². The van der Waals surface area contributed by atoms with Crippen LogP contribution in [-0.2, 0) is 11.3 Å². The molecule has 8 heteroatoms. The summed E-state index contributed by atoms with van der Waals surface area (Å²) < 4.78 is 5.41. The van der Waals surface area contributed by atoms with Crippen LogP contribution in [0.5, 0.6) is 0 Å². The number of rotatable bonds is 3. The highest BCUT2D eigenvalue weighted by Crippen LogP contribution is 2.18. The highest BCUT2D eigenvalue weighted by atomic mass is 127. The number of amides is 1. The van der Waals surface area contributed by atoms with Gasteiger partial charge in [0.25, 0.3) is 0 Å². The fraction of sp³-hybridized carbons (Fsp3) is 0.389. The first-order valence-corrected chi connectivity index (χ1v) is 8.39. The summed E-state index contributed by atoms with van der Waals surface area (Å²) in [6.07, 6.45) is 0. The molecule has 140 valence electrons. The normalized spacial score (nSPS) is 14.8. The Morgan fingerprint density at radius 2 is 1.85 bits per heavy atom. The van der Waals surface area contributed by atoms with Crippen LogP contribution in [-0.4, -0.2) is 60.0 Å². The van der Waals surface area contributed by atoms with Crippen LogP contribution in [0.4, 0.5) is 0 Å². The largest absolute Gasteiger partial charge is 0.359 e. The highest BCUT2D eigenvalue weighted by molar-refractivity contribution is 14.0. The Morgan fingerprint density at radius 1 is 1.19 bits per heavy atom. The van der Waals surface area contributed by atoms with Crippen LogP contribution in [0.1, 0.15) is 12.7 Å². The third-order valence-corrected chi connectivity index (χ3v) is 4.29. The minimum atomic E-state index is 0. The first-order chi connectivity index (χ1) is 12.2. The van der Waals surface area contributed by atoms with Crippen LogP contribution in [0.2, 0.25) is 0 Å². The number of guanidine groups is 1. The minimum Gasteiger partial charge on any atom is -0.359 e. The lowest BCUT2D eigenvalue weighted by Crippen LogP contribution is -2.53.